The van der Waals surface area contributed by atoms with Gasteiger partial charge in [-0.2, -0.15) is 0 Å². The van der Waals surface area contributed by atoms with Gasteiger partial charge in [0.1, 0.15) is 0 Å². The second kappa shape index (κ2) is 11.8. The highest BCUT2D eigenvalue weighted by molar-refractivity contribution is 6.21. The number of imide groups is 1. The van der Waals surface area contributed by atoms with Crippen LogP contribution in [-0.4, -0.2) is 132 Å². The van der Waals surface area contributed by atoms with E-state index in [1.807, 2.05) is 9.80 Å². The normalized spacial score (nSPS) is 19.7. The number of aliphatic carboxylic acids is 2. The number of carboxylic acid groups (broad SMARTS) is 2. The Kier molecular flexibility index (Phi) is 8.89. The number of carboxylic acids is 2. The summed E-state index contributed by atoms with van der Waals surface area (Å²) < 4.78 is 0. The van der Waals surface area contributed by atoms with Crippen LogP contribution in [-0.2, 0) is 9.59 Å². The third-order valence-electron chi connectivity index (χ3n) is 5.91. The number of benzene rings is 1. The molecule has 2 aliphatic heterocycles. The minimum absolute atomic E-state index is 0.0704. The third kappa shape index (κ3) is 7.06. The zero-order valence-electron chi connectivity index (χ0n) is 18.6. The fraction of sp³-hybridized carbons (Fsp3) is 0.545. The Labute approximate surface area is 192 Å². The minimum Gasteiger partial charge on any atom is -0.480 e. The van der Waals surface area contributed by atoms with Crippen LogP contribution >= 0.6 is 0 Å². The van der Waals surface area contributed by atoms with Crippen LogP contribution in [0.3, 0.4) is 0 Å². The van der Waals surface area contributed by atoms with Crippen LogP contribution in [0.25, 0.3) is 0 Å². The second-order valence-electron chi connectivity index (χ2n) is 8.24. The van der Waals surface area contributed by atoms with Crippen molar-refractivity contribution in [2.75, 3.05) is 78.5 Å². The predicted octanol–water partition coefficient (Wildman–Crippen LogP) is -1.04. The van der Waals surface area contributed by atoms with Crippen molar-refractivity contribution in [2.24, 2.45) is 0 Å². The summed E-state index contributed by atoms with van der Waals surface area (Å²) >= 11 is 0. The van der Waals surface area contributed by atoms with Gasteiger partial charge in [0.15, 0.2) is 0 Å². The maximum absolute atomic E-state index is 12.7. The monoisotopic (exact) mass is 461 g/mol. The Balaban J connectivity index is 1.66. The lowest BCUT2D eigenvalue weighted by atomic mass is 10.1. The summed E-state index contributed by atoms with van der Waals surface area (Å²) in [5.74, 6) is -2.41. The maximum atomic E-state index is 12.7. The number of fused-ring (bicyclic) bond motifs is 1. The van der Waals surface area contributed by atoms with E-state index in [9.17, 15) is 29.4 Å². The van der Waals surface area contributed by atoms with Crippen molar-refractivity contribution >= 4 is 23.8 Å². The zero-order chi connectivity index (χ0) is 23.8. The molecule has 11 heteroatoms. The van der Waals surface area contributed by atoms with E-state index < -0.39 is 11.9 Å². The van der Waals surface area contributed by atoms with E-state index in [1.54, 1.807) is 24.3 Å². The van der Waals surface area contributed by atoms with Crippen LogP contribution in [0.5, 0.6) is 0 Å². The molecule has 11 nitrogen and oxygen atoms in total. The first-order chi connectivity index (χ1) is 15.8. The number of nitrogens with zero attached hydrogens (tertiary/aromatic N) is 4. The fourth-order valence-electron chi connectivity index (χ4n) is 4.11. The van der Waals surface area contributed by atoms with Crippen LogP contribution in [0, 0.1) is 0 Å². The van der Waals surface area contributed by atoms with Gasteiger partial charge >= 0.3 is 11.9 Å². The number of carbonyl (C=O) groups excluding carboxylic acids is 2. The van der Waals surface area contributed by atoms with E-state index >= 15 is 0 Å². The van der Waals surface area contributed by atoms with Crippen molar-refractivity contribution in [3.63, 3.8) is 0 Å². The molecule has 180 valence electrons. The molecule has 1 aromatic carbocycles. The average Bonchev–Trinajstić information content (AvgIpc) is 3.00. The van der Waals surface area contributed by atoms with Crippen molar-refractivity contribution in [3.05, 3.63) is 35.4 Å². The van der Waals surface area contributed by atoms with E-state index in [-0.39, 0.29) is 31.4 Å². The lowest BCUT2D eigenvalue weighted by molar-refractivity contribution is -0.139. The minimum atomic E-state index is -0.896. The van der Waals surface area contributed by atoms with Crippen molar-refractivity contribution < 1.29 is 29.4 Å². The van der Waals surface area contributed by atoms with Gasteiger partial charge in [-0.1, -0.05) is 12.1 Å². The fourth-order valence-corrected chi connectivity index (χ4v) is 4.11. The Morgan fingerprint density at radius 2 is 1.18 bits per heavy atom. The Morgan fingerprint density at radius 3 is 1.64 bits per heavy atom. The first-order valence-corrected chi connectivity index (χ1v) is 11.1. The molecule has 3 N–H and O–H groups in total. The topological polar surface area (TPSA) is 134 Å². The zero-order valence-corrected chi connectivity index (χ0v) is 18.6. The van der Waals surface area contributed by atoms with Gasteiger partial charge < -0.3 is 15.5 Å². The second-order valence-corrected chi connectivity index (χ2v) is 8.24. The number of nitrogens with one attached hydrogen (secondary N) is 1. The molecule has 3 rings (SSSR count). The van der Waals surface area contributed by atoms with Gasteiger partial charge in [-0.25, -0.2) is 0 Å². The molecule has 2 heterocycles. The molecule has 0 aliphatic carbocycles. The molecule has 0 aromatic heterocycles. The lowest BCUT2D eigenvalue weighted by Crippen LogP contribution is -2.48. The van der Waals surface area contributed by atoms with Crippen molar-refractivity contribution in [3.8, 4) is 0 Å². The number of hydrogen-bond acceptors (Lipinski definition) is 8. The van der Waals surface area contributed by atoms with Crippen molar-refractivity contribution in [2.45, 2.75) is 0 Å². The van der Waals surface area contributed by atoms with E-state index in [1.165, 1.54) is 4.90 Å². The largest absolute Gasteiger partial charge is 0.480 e. The summed E-state index contributed by atoms with van der Waals surface area (Å²) in [5.41, 5.74) is 0.813. The molecule has 1 aromatic rings. The van der Waals surface area contributed by atoms with Crippen LogP contribution in [0.15, 0.2) is 24.3 Å². The smallest absolute Gasteiger partial charge is 0.317 e. The molecule has 0 saturated carbocycles. The Morgan fingerprint density at radius 1 is 0.727 bits per heavy atom. The Hall–Kier alpha value is -2.86. The molecule has 0 bridgehead atoms. The van der Waals surface area contributed by atoms with Gasteiger partial charge in [-0.3, -0.25) is 38.8 Å². The molecule has 0 unspecified atom stereocenters. The summed E-state index contributed by atoms with van der Waals surface area (Å²) in [7, 11) is 0. The first-order valence-electron chi connectivity index (χ1n) is 11.1. The van der Waals surface area contributed by atoms with E-state index in [2.05, 4.69) is 10.2 Å². The third-order valence-corrected chi connectivity index (χ3v) is 5.91. The standard InChI is InChI=1S/C22H31N5O6/c28-19(29)15-25-7-5-23-6-8-26(16-20(30)31)12-10-24(9-11-25)13-14-27-21(32)17-3-1-2-4-18(17)22(27)33/h1-4,23H,5-16H2,(H,28,29)(H,30,31). The maximum Gasteiger partial charge on any atom is 0.317 e. The number of rotatable bonds is 7. The van der Waals surface area contributed by atoms with Gasteiger partial charge in [0, 0.05) is 65.4 Å². The van der Waals surface area contributed by atoms with Gasteiger partial charge in [0.05, 0.1) is 24.2 Å². The number of hydrogen-bond donors (Lipinski definition) is 3. The molecule has 1 saturated heterocycles. The van der Waals surface area contributed by atoms with E-state index in [0.717, 1.165) is 0 Å². The highest BCUT2D eigenvalue weighted by Crippen LogP contribution is 2.22. The Bertz CT molecular complexity index is 814. The molecule has 2 amide bonds. The molecule has 33 heavy (non-hydrogen) atoms. The molecule has 0 atom stereocenters. The van der Waals surface area contributed by atoms with Crippen LogP contribution in [0.2, 0.25) is 0 Å². The summed E-state index contributed by atoms with van der Waals surface area (Å²) in [6, 6.07) is 6.75. The van der Waals surface area contributed by atoms with Crippen LogP contribution < -0.4 is 5.32 Å². The number of amides is 2. The van der Waals surface area contributed by atoms with E-state index in [4.69, 9.17) is 0 Å². The molecule has 1 fully saturated rings. The molecule has 2 aliphatic rings. The van der Waals surface area contributed by atoms with Crippen molar-refractivity contribution in [1.29, 1.82) is 0 Å². The van der Waals surface area contributed by atoms with Gasteiger partial charge in [0.25, 0.3) is 11.8 Å². The highest BCUT2D eigenvalue weighted by Gasteiger charge is 2.35. The summed E-state index contributed by atoms with van der Waals surface area (Å²) in [6.07, 6.45) is 0. The summed E-state index contributed by atoms with van der Waals surface area (Å²) in [6.45, 7) is 4.90. The lowest BCUT2D eigenvalue weighted by Gasteiger charge is -2.31. The van der Waals surface area contributed by atoms with Gasteiger partial charge in [-0.15, -0.1) is 0 Å². The quantitative estimate of drug-likeness (QED) is 0.432. The van der Waals surface area contributed by atoms with E-state index in [0.29, 0.717) is 70.0 Å². The van der Waals surface area contributed by atoms with Crippen LogP contribution in [0.4, 0.5) is 0 Å². The average molecular weight is 462 g/mol. The molecule has 0 spiro atoms. The predicted molar refractivity (Wildman–Crippen MR) is 119 cm³/mol. The summed E-state index contributed by atoms with van der Waals surface area (Å²) in [5, 5.41) is 21.7. The van der Waals surface area contributed by atoms with Gasteiger partial charge in [-0.05, 0) is 12.1 Å². The first kappa shape index (κ1) is 24.8. The van der Waals surface area contributed by atoms with Gasteiger partial charge in [0.2, 0.25) is 0 Å². The molecule has 0 radical (unpaired) electrons. The molecular formula is C22H31N5O6. The van der Waals surface area contributed by atoms with Crippen LogP contribution in [0.1, 0.15) is 20.7 Å². The van der Waals surface area contributed by atoms with Crippen molar-refractivity contribution in [1.82, 2.24) is 24.9 Å². The number of carbonyl (C=O) groups is 4. The highest BCUT2D eigenvalue weighted by atomic mass is 16.4. The SMILES string of the molecule is O=C(O)CN1CCNCCN(CC(=O)O)CCN(CCN2C(=O)c3ccccc3C2=O)CC1. The molecular weight excluding hydrogens is 430 g/mol. The summed E-state index contributed by atoms with van der Waals surface area (Å²) in [4.78, 5) is 54.8.